The fourth-order valence-corrected chi connectivity index (χ4v) is 7.71. The number of nitrogens with zero attached hydrogens (tertiary/aromatic N) is 4. The number of aliphatic imine (C=N–C) groups is 1. The number of carbonyl (C=O) groups is 1. The first kappa shape index (κ1) is 23.3. The lowest BCUT2D eigenvalue weighted by atomic mass is 10.1. The molecule has 0 atom stereocenters. The lowest BCUT2D eigenvalue weighted by Crippen LogP contribution is -2.32. The lowest BCUT2D eigenvalue weighted by molar-refractivity contribution is -0.122. The first-order chi connectivity index (χ1) is 17.6. The van der Waals surface area contributed by atoms with Gasteiger partial charge in [0.1, 0.15) is 9.93 Å². The van der Waals surface area contributed by atoms with Crippen molar-refractivity contribution in [2.45, 2.75) is 25.2 Å². The molecule has 3 heterocycles. The van der Waals surface area contributed by atoms with Crippen LogP contribution in [-0.4, -0.2) is 34.0 Å². The smallest absolute Gasteiger partial charge is 0.269 e. The lowest BCUT2D eigenvalue weighted by Gasteiger charge is -2.19. The van der Waals surface area contributed by atoms with Gasteiger partial charge in [0.15, 0.2) is 5.17 Å². The number of amidine groups is 1. The third-order valence-electron chi connectivity index (χ3n) is 6.15. The molecule has 0 bridgehead atoms. The van der Waals surface area contributed by atoms with Gasteiger partial charge in [-0.2, -0.15) is 0 Å². The summed E-state index contributed by atoms with van der Waals surface area (Å²) in [5, 5.41) is 2.76. The minimum atomic E-state index is 0.0261. The highest BCUT2D eigenvalue weighted by Gasteiger charge is 2.39. The fourth-order valence-electron chi connectivity index (χ4n) is 4.43. The van der Waals surface area contributed by atoms with Crippen LogP contribution in [0.1, 0.15) is 17.5 Å². The Balaban J connectivity index is 1.39. The summed E-state index contributed by atoms with van der Waals surface area (Å²) in [6, 6.07) is 24.7. The molecule has 8 heteroatoms. The second kappa shape index (κ2) is 9.76. The Morgan fingerprint density at radius 1 is 0.944 bits per heavy atom. The maximum atomic E-state index is 13.9. The summed E-state index contributed by atoms with van der Waals surface area (Å²) in [5.41, 5.74) is 4.19. The molecule has 3 aromatic carbocycles. The van der Waals surface area contributed by atoms with E-state index < -0.39 is 0 Å². The standard InChI is InChI=1S/C28H24N4OS3/c1-3-31-22-11-7-8-12-23(22)35-27(31)25-26(33)32(16-15-19-9-5-4-6-10-19)28(36-25)30-20-13-14-21-24(17-20)34-18(2)29-21/h4-14,17H,3,15-16H2,1-2H3/b27-25-,30-28?. The Morgan fingerprint density at radius 3 is 2.58 bits per heavy atom. The van der Waals surface area contributed by atoms with Crippen LogP contribution in [0, 0.1) is 6.92 Å². The van der Waals surface area contributed by atoms with E-state index in [0.29, 0.717) is 6.54 Å². The molecule has 36 heavy (non-hydrogen) atoms. The van der Waals surface area contributed by atoms with E-state index in [4.69, 9.17) is 4.99 Å². The van der Waals surface area contributed by atoms with E-state index in [1.807, 2.05) is 48.2 Å². The second-order valence-corrected chi connectivity index (χ2v) is 11.8. The number of aromatic nitrogens is 1. The fraction of sp³-hybridized carbons (Fsp3) is 0.179. The monoisotopic (exact) mass is 528 g/mol. The summed E-state index contributed by atoms with van der Waals surface area (Å²) < 4.78 is 1.11. The highest BCUT2D eigenvalue weighted by Crippen LogP contribution is 2.50. The SMILES string of the molecule is CCN1/C(=C2/SC(=Nc3ccc4nc(C)sc4c3)N(CCc3ccccc3)C2=O)Sc2ccccc21. The van der Waals surface area contributed by atoms with Crippen molar-refractivity contribution >= 4 is 67.5 Å². The number of aryl methyl sites for hydroxylation is 1. The molecule has 5 nitrogen and oxygen atoms in total. The van der Waals surface area contributed by atoms with Crippen LogP contribution in [0.3, 0.4) is 0 Å². The molecule has 0 unspecified atom stereocenters. The number of anilines is 1. The molecule has 1 fully saturated rings. The number of benzene rings is 3. The molecule has 0 saturated carbocycles. The van der Waals surface area contributed by atoms with Crippen molar-refractivity contribution in [2.75, 3.05) is 18.0 Å². The van der Waals surface area contributed by atoms with E-state index in [-0.39, 0.29) is 5.91 Å². The molecular formula is C28H24N4OS3. The third-order valence-corrected chi connectivity index (χ3v) is 9.46. The van der Waals surface area contributed by atoms with E-state index in [2.05, 4.69) is 53.2 Å². The van der Waals surface area contributed by atoms with Crippen LogP contribution < -0.4 is 4.90 Å². The normalized spacial score (nSPS) is 18.6. The topological polar surface area (TPSA) is 48.8 Å². The van der Waals surface area contributed by atoms with E-state index in [1.54, 1.807) is 23.1 Å². The van der Waals surface area contributed by atoms with Crippen LogP contribution in [0.4, 0.5) is 11.4 Å². The zero-order valence-electron chi connectivity index (χ0n) is 20.0. The summed E-state index contributed by atoms with van der Waals surface area (Å²) in [4.78, 5) is 29.4. The zero-order valence-corrected chi connectivity index (χ0v) is 22.4. The Bertz CT molecular complexity index is 1530. The van der Waals surface area contributed by atoms with Crippen LogP contribution in [0.5, 0.6) is 0 Å². The van der Waals surface area contributed by atoms with Gasteiger partial charge in [-0.05, 0) is 67.9 Å². The van der Waals surface area contributed by atoms with Crippen LogP contribution >= 0.6 is 34.9 Å². The Kier molecular flexibility index (Phi) is 6.33. The number of para-hydroxylation sites is 1. The van der Waals surface area contributed by atoms with E-state index in [0.717, 1.165) is 54.7 Å². The molecule has 6 rings (SSSR count). The van der Waals surface area contributed by atoms with Crippen LogP contribution in [0.2, 0.25) is 0 Å². The van der Waals surface area contributed by atoms with Crippen molar-refractivity contribution in [1.29, 1.82) is 0 Å². The zero-order chi connectivity index (χ0) is 24.6. The molecule has 2 aliphatic heterocycles. The summed E-state index contributed by atoms with van der Waals surface area (Å²) in [6.07, 6.45) is 0.771. The molecule has 180 valence electrons. The quantitative estimate of drug-likeness (QED) is 0.256. The van der Waals surface area contributed by atoms with Gasteiger partial charge in [-0.1, -0.05) is 54.2 Å². The summed E-state index contributed by atoms with van der Waals surface area (Å²) in [7, 11) is 0. The van der Waals surface area contributed by atoms with Gasteiger partial charge in [0.05, 0.1) is 26.6 Å². The van der Waals surface area contributed by atoms with Crippen molar-refractivity contribution in [3.05, 3.63) is 93.3 Å². The average molecular weight is 529 g/mol. The van der Waals surface area contributed by atoms with Gasteiger partial charge in [-0.15, -0.1) is 11.3 Å². The largest absolute Gasteiger partial charge is 0.334 e. The second-order valence-electron chi connectivity index (χ2n) is 8.52. The predicted molar refractivity (Wildman–Crippen MR) is 153 cm³/mol. The molecule has 0 radical (unpaired) electrons. The first-order valence-electron chi connectivity index (χ1n) is 11.9. The van der Waals surface area contributed by atoms with Crippen molar-refractivity contribution in [3.8, 4) is 0 Å². The molecule has 0 spiro atoms. The van der Waals surface area contributed by atoms with Crippen molar-refractivity contribution < 1.29 is 4.79 Å². The molecule has 1 amide bonds. The number of thiazole rings is 1. The van der Waals surface area contributed by atoms with Crippen molar-refractivity contribution in [2.24, 2.45) is 4.99 Å². The van der Waals surface area contributed by atoms with Gasteiger partial charge >= 0.3 is 0 Å². The predicted octanol–water partition coefficient (Wildman–Crippen LogP) is 7.21. The molecule has 1 aromatic heterocycles. The Hall–Kier alpha value is -3.07. The van der Waals surface area contributed by atoms with Gasteiger partial charge in [-0.25, -0.2) is 9.98 Å². The number of hydrogen-bond donors (Lipinski definition) is 0. The molecule has 0 aliphatic carbocycles. The van der Waals surface area contributed by atoms with Crippen molar-refractivity contribution in [3.63, 3.8) is 0 Å². The molecule has 1 saturated heterocycles. The average Bonchev–Trinajstić information content (AvgIpc) is 3.55. The Morgan fingerprint density at radius 2 is 1.75 bits per heavy atom. The van der Waals surface area contributed by atoms with E-state index >= 15 is 0 Å². The number of rotatable bonds is 5. The maximum Gasteiger partial charge on any atom is 0.269 e. The summed E-state index contributed by atoms with van der Waals surface area (Å²) in [5.74, 6) is 0.0261. The van der Waals surface area contributed by atoms with Gasteiger partial charge in [0.25, 0.3) is 5.91 Å². The number of carbonyl (C=O) groups excluding carboxylic acids is 1. The Labute approximate surface area is 222 Å². The van der Waals surface area contributed by atoms with Crippen molar-refractivity contribution in [1.82, 2.24) is 9.88 Å². The highest BCUT2D eigenvalue weighted by molar-refractivity contribution is 8.19. The minimum Gasteiger partial charge on any atom is -0.334 e. The number of amides is 1. The number of thioether (sulfide) groups is 2. The molecular weight excluding hydrogens is 505 g/mol. The van der Waals surface area contributed by atoms with E-state index in [1.165, 1.54) is 22.2 Å². The summed E-state index contributed by atoms with van der Waals surface area (Å²) >= 11 is 4.82. The van der Waals surface area contributed by atoms with Gasteiger partial charge < -0.3 is 4.90 Å². The van der Waals surface area contributed by atoms with Gasteiger partial charge in [-0.3, -0.25) is 9.69 Å². The van der Waals surface area contributed by atoms with Crippen LogP contribution in [0.25, 0.3) is 10.2 Å². The molecule has 0 N–H and O–H groups in total. The van der Waals surface area contributed by atoms with E-state index in [9.17, 15) is 4.79 Å². The summed E-state index contributed by atoms with van der Waals surface area (Å²) in [6.45, 7) is 5.52. The van der Waals surface area contributed by atoms with Crippen LogP contribution in [0.15, 0.2) is 92.6 Å². The maximum absolute atomic E-state index is 13.9. The molecule has 2 aliphatic rings. The third kappa shape index (κ3) is 4.34. The number of fused-ring (bicyclic) bond motifs is 2. The van der Waals surface area contributed by atoms with Gasteiger partial charge in [0.2, 0.25) is 0 Å². The minimum absolute atomic E-state index is 0.0261. The van der Waals surface area contributed by atoms with Gasteiger partial charge in [0, 0.05) is 18.0 Å². The molecule has 4 aromatic rings. The first-order valence-corrected chi connectivity index (χ1v) is 14.3. The van der Waals surface area contributed by atoms with Crippen LogP contribution in [-0.2, 0) is 11.2 Å². The number of hydrogen-bond acceptors (Lipinski definition) is 7. The highest BCUT2D eigenvalue weighted by atomic mass is 32.2.